The summed E-state index contributed by atoms with van der Waals surface area (Å²) in [6, 6.07) is 9.52. The number of amides is 1. The fourth-order valence-electron chi connectivity index (χ4n) is 6.27. The minimum Gasteiger partial charge on any atom is -0.379 e. The van der Waals surface area contributed by atoms with Gasteiger partial charge in [-0.25, -0.2) is 4.39 Å². The average molecular weight is 558 g/mol. The Hall–Kier alpha value is -3.35. The van der Waals surface area contributed by atoms with Crippen molar-refractivity contribution >= 4 is 11.6 Å². The third kappa shape index (κ3) is 3.72. The smallest absolute Gasteiger partial charge is 0.379 e. The number of anilines is 1. The third-order valence-corrected chi connectivity index (χ3v) is 8.95. The quantitative estimate of drug-likeness (QED) is 0.428. The van der Waals surface area contributed by atoms with Gasteiger partial charge in [-0.2, -0.15) is 13.2 Å². The first-order valence-electron chi connectivity index (χ1n) is 13.2. The number of benzene rings is 2. The van der Waals surface area contributed by atoms with Gasteiger partial charge in [-0.15, -0.1) is 10.2 Å². The number of likely N-dealkylation sites (tertiary alicyclic amines) is 1. The lowest BCUT2D eigenvalue weighted by atomic mass is 9.74. The molecule has 210 valence electrons. The molecule has 2 aromatic carbocycles. The van der Waals surface area contributed by atoms with Crippen LogP contribution in [0.5, 0.6) is 0 Å². The number of alkyl halides is 4. The van der Waals surface area contributed by atoms with E-state index in [0.29, 0.717) is 36.6 Å². The van der Waals surface area contributed by atoms with Crippen LogP contribution in [-0.4, -0.2) is 64.1 Å². The van der Waals surface area contributed by atoms with Crippen LogP contribution >= 0.6 is 0 Å². The lowest BCUT2D eigenvalue weighted by Crippen LogP contribution is -2.70. The molecule has 0 saturated carbocycles. The van der Waals surface area contributed by atoms with Gasteiger partial charge in [0.1, 0.15) is 6.33 Å². The molecule has 5 heterocycles. The third-order valence-electron chi connectivity index (χ3n) is 8.95. The highest BCUT2D eigenvalue weighted by molar-refractivity contribution is 6.10. The Morgan fingerprint density at radius 1 is 1.10 bits per heavy atom. The average Bonchev–Trinajstić information content (AvgIpc) is 3.42. The van der Waals surface area contributed by atoms with Crippen LogP contribution < -0.4 is 4.90 Å². The molecule has 4 aliphatic rings. The van der Waals surface area contributed by atoms with Crippen molar-refractivity contribution in [3.05, 3.63) is 76.4 Å². The van der Waals surface area contributed by atoms with Crippen LogP contribution in [0.25, 0.3) is 0 Å². The molecule has 1 amide bonds. The summed E-state index contributed by atoms with van der Waals surface area (Å²) in [5.41, 5.74) is -0.475. The predicted molar refractivity (Wildman–Crippen MR) is 134 cm³/mol. The van der Waals surface area contributed by atoms with Gasteiger partial charge in [0.2, 0.25) is 0 Å². The van der Waals surface area contributed by atoms with Gasteiger partial charge in [0.05, 0.1) is 49.5 Å². The van der Waals surface area contributed by atoms with Crippen molar-refractivity contribution < 1.29 is 31.8 Å². The highest BCUT2D eigenvalue weighted by Gasteiger charge is 2.52. The first-order chi connectivity index (χ1) is 19.1. The van der Waals surface area contributed by atoms with Gasteiger partial charge in [0.15, 0.2) is 12.0 Å². The van der Waals surface area contributed by atoms with Crippen molar-refractivity contribution in [3.8, 4) is 0 Å². The monoisotopic (exact) mass is 557 g/mol. The molecule has 0 aliphatic carbocycles. The van der Waals surface area contributed by atoms with E-state index in [0.717, 1.165) is 13.0 Å². The number of aryl methyl sites for hydroxylation is 1. The van der Waals surface area contributed by atoms with Gasteiger partial charge in [-0.1, -0.05) is 12.1 Å². The molecule has 0 bridgehead atoms. The molecule has 1 spiro atoms. The molecular weight excluding hydrogens is 530 g/mol. The standard InChI is InChI=1S/C28H27F4N5O3/c1-35-16-33-34-24(35)23(29)27(14-40-15-27)18-3-2-4-19(9-18)37-11-21-20(25(37)38)7-17(8-22(21)28(30,31)32)10-36-6-5-26(36)12-39-13-26/h2-4,7-9,16,23H,5-6,10-15H2,1H3/t23-/m0/s1. The number of hydrogen-bond donors (Lipinski definition) is 0. The lowest BCUT2D eigenvalue weighted by Gasteiger charge is -2.57. The topological polar surface area (TPSA) is 72.7 Å². The molecule has 8 nitrogen and oxygen atoms in total. The van der Waals surface area contributed by atoms with E-state index in [2.05, 4.69) is 15.1 Å². The maximum atomic E-state index is 15.8. The molecule has 1 aromatic heterocycles. The van der Waals surface area contributed by atoms with Crippen LogP contribution in [0.2, 0.25) is 0 Å². The van der Waals surface area contributed by atoms with Crippen molar-refractivity contribution in [3.63, 3.8) is 0 Å². The van der Waals surface area contributed by atoms with Gasteiger partial charge in [-0.3, -0.25) is 9.69 Å². The van der Waals surface area contributed by atoms with E-state index >= 15 is 4.39 Å². The van der Waals surface area contributed by atoms with Crippen molar-refractivity contribution in [2.24, 2.45) is 7.05 Å². The maximum absolute atomic E-state index is 15.8. The second-order valence-corrected chi connectivity index (χ2v) is 11.3. The summed E-state index contributed by atoms with van der Waals surface area (Å²) in [5.74, 6) is -0.355. The number of rotatable bonds is 6. The lowest BCUT2D eigenvalue weighted by molar-refractivity contribution is -0.195. The van der Waals surface area contributed by atoms with Crippen LogP contribution in [0.4, 0.5) is 23.2 Å². The van der Waals surface area contributed by atoms with E-state index in [-0.39, 0.29) is 42.2 Å². The summed E-state index contributed by atoms with van der Waals surface area (Å²) in [6.07, 6.45) is -3.77. The minimum absolute atomic E-state index is 0.0407. The number of carbonyl (C=O) groups excluding carboxylic acids is 1. The molecule has 0 radical (unpaired) electrons. The summed E-state index contributed by atoms with van der Waals surface area (Å²) < 4.78 is 70.8. The number of fused-ring (bicyclic) bond motifs is 1. The van der Waals surface area contributed by atoms with Crippen molar-refractivity contribution in [2.75, 3.05) is 37.9 Å². The van der Waals surface area contributed by atoms with Crippen molar-refractivity contribution in [1.29, 1.82) is 0 Å². The number of carbonyl (C=O) groups is 1. The van der Waals surface area contributed by atoms with E-state index in [4.69, 9.17) is 9.47 Å². The molecular formula is C28H27F4N5O3. The summed E-state index contributed by atoms with van der Waals surface area (Å²) >= 11 is 0. The van der Waals surface area contributed by atoms with E-state index in [1.54, 1.807) is 37.4 Å². The van der Waals surface area contributed by atoms with E-state index in [1.165, 1.54) is 21.9 Å². The second kappa shape index (κ2) is 8.82. The fourth-order valence-corrected chi connectivity index (χ4v) is 6.27. The summed E-state index contributed by atoms with van der Waals surface area (Å²) in [7, 11) is 1.65. The molecule has 0 N–H and O–H groups in total. The van der Waals surface area contributed by atoms with Gasteiger partial charge in [-0.05, 0) is 47.4 Å². The Morgan fingerprint density at radius 3 is 2.45 bits per heavy atom. The molecule has 3 aromatic rings. The first-order valence-corrected chi connectivity index (χ1v) is 13.2. The Bertz CT molecular complexity index is 1490. The normalized spacial score (nSPS) is 22.0. The van der Waals surface area contributed by atoms with Crippen LogP contribution in [0.3, 0.4) is 0 Å². The summed E-state index contributed by atoms with van der Waals surface area (Å²) in [5, 5.41) is 7.70. The van der Waals surface area contributed by atoms with E-state index < -0.39 is 29.2 Å². The zero-order valence-electron chi connectivity index (χ0n) is 21.7. The zero-order chi connectivity index (χ0) is 27.9. The van der Waals surface area contributed by atoms with Crippen LogP contribution in [0, 0.1) is 0 Å². The molecule has 0 unspecified atom stereocenters. The molecule has 4 aliphatic heterocycles. The van der Waals surface area contributed by atoms with E-state index in [1.807, 2.05) is 0 Å². The number of halogens is 4. The van der Waals surface area contributed by atoms with Gasteiger partial charge < -0.3 is 18.9 Å². The SMILES string of the molecule is Cn1cnnc1[C@H](F)C1(c2cccc(N3Cc4c(cc(CN5CCC56COC6)cc4C(F)(F)F)C3=O)c2)COC1. The highest BCUT2D eigenvalue weighted by Crippen LogP contribution is 2.47. The largest absolute Gasteiger partial charge is 0.416 e. The number of aromatic nitrogens is 3. The van der Waals surface area contributed by atoms with Gasteiger partial charge >= 0.3 is 6.18 Å². The Morgan fingerprint density at radius 2 is 1.88 bits per heavy atom. The molecule has 40 heavy (non-hydrogen) atoms. The summed E-state index contributed by atoms with van der Waals surface area (Å²) in [6.45, 7) is 2.24. The molecule has 3 fully saturated rings. The second-order valence-electron chi connectivity index (χ2n) is 11.3. The number of nitrogens with zero attached hydrogens (tertiary/aromatic N) is 5. The Kier molecular flexibility index (Phi) is 5.65. The number of ether oxygens (including phenoxy) is 2. The Labute approximate surface area is 227 Å². The highest BCUT2D eigenvalue weighted by atomic mass is 19.4. The van der Waals surface area contributed by atoms with Crippen LogP contribution in [0.15, 0.2) is 42.7 Å². The molecule has 1 atom stereocenters. The van der Waals surface area contributed by atoms with Crippen molar-refractivity contribution in [2.45, 2.75) is 42.8 Å². The van der Waals surface area contributed by atoms with Crippen molar-refractivity contribution in [1.82, 2.24) is 19.7 Å². The van der Waals surface area contributed by atoms with Crippen LogP contribution in [0.1, 0.15) is 51.0 Å². The number of hydrogen-bond acceptors (Lipinski definition) is 6. The minimum atomic E-state index is -4.62. The maximum Gasteiger partial charge on any atom is 0.416 e. The fraction of sp³-hybridized carbons (Fsp3) is 0.464. The van der Waals surface area contributed by atoms with Crippen LogP contribution in [-0.2, 0) is 41.2 Å². The molecule has 12 heteroatoms. The molecule has 3 saturated heterocycles. The first kappa shape index (κ1) is 25.6. The zero-order valence-corrected chi connectivity index (χ0v) is 21.7. The Balaban J connectivity index is 1.21. The van der Waals surface area contributed by atoms with E-state index in [9.17, 15) is 18.0 Å². The predicted octanol–water partition coefficient (Wildman–Crippen LogP) is 3.95. The summed E-state index contributed by atoms with van der Waals surface area (Å²) in [4.78, 5) is 17.1. The van der Waals surface area contributed by atoms with Gasteiger partial charge in [0.25, 0.3) is 5.91 Å². The molecule has 7 rings (SSSR count). The van der Waals surface area contributed by atoms with Gasteiger partial charge in [0, 0.05) is 31.4 Å².